The highest BCUT2D eigenvalue weighted by molar-refractivity contribution is 5.81. The van der Waals surface area contributed by atoms with Gasteiger partial charge in [-0.1, -0.05) is 18.2 Å². The number of nitro groups is 2. The third-order valence-corrected chi connectivity index (χ3v) is 5.19. The van der Waals surface area contributed by atoms with E-state index in [1.54, 1.807) is 12.1 Å². The lowest BCUT2D eigenvalue weighted by Crippen LogP contribution is -2.07. The molecule has 1 heterocycles. The summed E-state index contributed by atoms with van der Waals surface area (Å²) in [7, 11) is 0. The minimum absolute atomic E-state index is 0.0452. The fourth-order valence-electron chi connectivity index (χ4n) is 3.16. The zero-order chi connectivity index (χ0) is 26.4. The largest absolute Gasteiger partial charge is 0.324 e. The molecule has 3 aromatic carbocycles. The van der Waals surface area contributed by atoms with E-state index in [0.29, 0.717) is 11.3 Å². The summed E-state index contributed by atoms with van der Waals surface area (Å²) in [5.74, 6) is 0.464. The van der Waals surface area contributed by atoms with Crippen LogP contribution in [0.25, 0.3) is 0 Å². The smallest absolute Gasteiger partial charge is 0.270 e. The lowest BCUT2D eigenvalue weighted by Gasteiger charge is -2.11. The second kappa shape index (κ2) is 10.9. The second-order valence-corrected chi connectivity index (χ2v) is 7.88. The first-order valence-electron chi connectivity index (χ1n) is 10.9. The Hall–Kier alpha value is -5.46. The molecule has 0 spiro atoms. The van der Waals surface area contributed by atoms with Gasteiger partial charge in [-0.15, -0.1) is 0 Å². The SMILES string of the molecule is Cc1ccc(Nc2nc(NN=Cc3cccc([N+](=O)[O-])c3)nc(Nc3ccc([N+](=O)[O-])cc3)n2)cc1C. The number of non-ortho nitro benzene ring substituents is 2. The van der Waals surface area contributed by atoms with Crippen LogP contribution >= 0.6 is 0 Å². The molecule has 3 N–H and O–H groups in total. The van der Waals surface area contributed by atoms with Crippen molar-refractivity contribution in [3.8, 4) is 0 Å². The fourth-order valence-corrected chi connectivity index (χ4v) is 3.16. The van der Waals surface area contributed by atoms with Crippen LogP contribution < -0.4 is 16.1 Å². The molecular weight excluding hydrogens is 478 g/mol. The predicted octanol–water partition coefficient (Wildman–Crippen LogP) is 5.24. The van der Waals surface area contributed by atoms with Gasteiger partial charge in [-0.05, 0) is 49.2 Å². The molecule has 186 valence electrons. The van der Waals surface area contributed by atoms with Crippen LogP contribution in [0.5, 0.6) is 0 Å². The molecule has 0 aliphatic carbocycles. The summed E-state index contributed by atoms with van der Waals surface area (Å²) in [6, 6.07) is 17.6. The van der Waals surface area contributed by atoms with Gasteiger partial charge < -0.3 is 10.6 Å². The Balaban J connectivity index is 1.60. The first-order valence-corrected chi connectivity index (χ1v) is 10.9. The number of benzene rings is 3. The molecule has 0 atom stereocenters. The lowest BCUT2D eigenvalue weighted by molar-refractivity contribution is -0.385. The van der Waals surface area contributed by atoms with Crippen molar-refractivity contribution in [2.75, 3.05) is 16.1 Å². The van der Waals surface area contributed by atoms with Crippen LogP contribution in [0.15, 0.2) is 71.8 Å². The number of nitro benzene ring substituents is 2. The highest BCUT2D eigenvalue weighted by atomic mass is 16.6. The second-order valence-electron chi connectivity index (χ2n) is 7.88. The van der Waals surface area contributed by atoms with Crippen LogP contribution in [-0.2, 0) is 0 Å². The maximum atomic E-state index is 11.0. The summed E-state index contributed by atoms with van der Waals surface area (Å²) in [6.45, 7) is 4.00. The van der Waals surface area contributed by atoms with E-state index in [2.05, 4.69) is 36.1 Å². The Morgan fingerprint density at radius 3 is 2.00 bits per heavy atom. The van der Waals surface area contributed by atoms with Crippen molar-refractivity contribution in [2.45, 2.75) is 13.8 Å². The molecule has 37 heavy (non-hydrogen) atoms. The topological polar surface area (TPSA) is 173 Å². The van der Waals surface area contributed by atoms with Crippen molar-refractivity contribution in [3.63, 3.8) is 0 Å². The minimum Gasteiger partial charge on any atom is -0.324 e. The number of aromatic nitrogens is 3. The summed E-state index contributed by atoms with van der Waals surface area (Å²) in [5.41, 5.74) is 6.63. The summed E-state index contributed by atoms with van der Waals surface area (Å²) < 4.78 is 0. The van der Waals surface area contributed by atoms with Crippen molar-refractivity contribution in [2.24, 2.45) is 5.10 Å². The number of nitrogens with zero attached hydrogens (tertiary/aromatic N) is 6. The van der Waals surface area contributed by atoms with Crippen LogP contribution in [0.4, 0.5) is 40.6 Å². The van der Waals surface area contributed by atoms with Gasteiger partial charge in [0.15, 0.2) is 0 Å². The molecule has 0 fully saturated rings. The molecule has 0 radical (unpaired) electrons. The van der Waals surface area contributed by atoms with Crippen LogP contribution in [-0.4, -0.2) is 31.0 Å². The van der Waals surface area contributed by atoms with E-state index >= 15 is 0 Å². The van der Waals surface area contributed by atoms with E-state index < -0.39 is 9.85 Å². The Morgan fingerprint density at radius 1 is 0.730 bits per heavy atom. The van der Waals surface area contributed by atoms with Crippen molar-refractivity contribution in [1.82, 2.24) is 15.0 Å². The number of hydrogen-bond acceptors (Lipinski definition) is 11. The van der Waals surface area contributed by atoms with Gasteiger partial charge in [-0.3, -0.25) is 20.2 Å². The van der Waals surface area contributed by atoms with Crippen LogP contribution in [0.1, 0.15) is 16.7 Å². The molecular formula is C24H21N9O4. The predicted molar refractivity (Wildman–Crippen MR) is 140 cm³/mol. The van der Waals surface area contributed by atoms with Crippen molar-refractivity contribution < 1.29 is 9.85 Å². The van der Waals surface area contributed by atoms with E-state index in [9.17, 15) is 20.2 Å². The number of aryl methyl sites for hydroxylation is 2. The molecule has 0 amide bonds. The molecule has 0 saturated heterocycles. The monoisotopic (exact) mass is 499 g/mol. The summed E-state index contributed by atoms with van der Waals surface area (Å²) >= 11 is 0. The van der Waals surface area contributed by atoms with E-state index in [1.165, 1.54) is 42.6 Å². The number of hydrazone groups is 1. The van der Waals surface area contributed by atoms with Gasteiger partial charge in [0.2, 0.25) is 17.8 Å². The van der Waals surface area contributed by atoms with Gasteiger partial charge in [-0.25, -0.2) is 5.43 Å². The highest BCUT2D eigenvalue weighted by Crippen LogP contribution is 2.22. The quantitative estimate of drug-likeness (QED) is 0.157. The Labute approximate surface area is 210 Å². The van der Waals surface area contributed by atoms with Gasteiger partial charge in [0, 0.05) is 41.2 Å². The third kappa shape index (κ3) is 6.57. The number of anilines is 5. The third-order valence-electron chi connectivity index (χ3n) is 5.19. The molecule has 13 nitrogen and oxygen atoms in total. The molecule has 0 unspecified atom stereocenters. The molecule has 4 rings (SSSR count). The molecule has 0 aliphatic rings. The fraction of sp³-hybridized carbons (Fsp3) is 0.0833. The van der Waals surface area contributed by atoms with Crippen molar-refractivity contribution in [1.29, 1.82) is 0 Å². The normalized spacial score (nSPS) is 10.8. The average molecular weight is 499 g/mol. The van der Waals surface area contributed by atoms with E-state index in [0.717, 1.165) is 16.8 Å². The standard InChI is InChI=1S/C24H21N9O4/c1-15-6-7-19(12-16(15)2)27-23-28-22(26-18-8-10-20(11-9-18)32(34)35)29-24(30-23)31-25-14-17-4-3-5-21(13-17)33(36)37/h3-14H,1-2H3,(H3,26,27,28,29,30,31). The molecule has 0 bridgehead atoms. The molecule has 13 heteroatoms. The zero-order valence-corrected chi connectivity index (χ0v) is 19.7. The Kier molecular flexibility index (Phi) is 7.24. The first-order chi connectivity index (χ1) is 17.8. The summed E-state index contributed by atoms with van der Waals surface area (Å²) in [6.07, 6.45) is 1.40. The van der Waals surface area contributed by atoms with Crippen molar-refractivity contribution in [3.05, 3.63) is 104 Å². The molecule has 1 aromatic heterocycles. The van der Waals surface area contributed by atoms with Gasteiger partial charge in [0.25, 0.3) is 11.4 Å². The van der Waals surface area contributed by atoms with Gasteiger partial charge in [-0.2, -0.15) is 20.1 Å². The Morgan fingerprint density at radius 2 is 1.35 bits per heavy atom. The number of hydrogen-bond donors (Lipinski definition) is 3. The first kappa shape index (κ1) is 24.7. The zero-order valence-electron chi connectivity index (χ0n) is 19.7. The van der Waals surface area contributed by atoms with Gasteiger partial charge in [0.1, 0.15) is 0 Å². The highest BCUT2D eigenvalue weighted by Gasteiger charge is 2.10. The van der Waals surface area contributed by atoms with E-state index in [-0.39, 0.29) is 29.2 Å². The molecule has 0 saturated carbocycles. The van der Waals surface area contributed by atoms with E-state index in [4.69, 9.17) is 0 Å². The van der Waals surface area contributed by atoms with Crippen LogP contribution in [0, 0.1) is 34.1 Å². The molecule has 4 aromatic rings. The summed E-state index contributed by atoms with van der Waals surface area (Å²) in [5, 5.41) is 32.1. The minimum atomic E-state index is -0.488. The molecule has 0 aliphatic heterocycles. The Bertz CT molecular complexity index is 1490. The maximum absolute atomic E-state index is 11.0. The van der Waals surface area contributed by atoms with Gasteiger partial charge >= 0.3 is 0 Å². The summed E-state index contributed by atoms with van der Waals surface area (Å²) in [4.78, 5) is 34.0. The van der Waals surface area contributed by atoms with Crippen LogP contribution in [0.3, 0.4) is 0 Å². The number of rotatable bonds is 9. The van der Waals surface area contributed by atoms with Gasteiger partial charge in [0.05, 0.1) is 16.1 Å². The van der Waals surface area contributed by atoms with E-state index in [1.807, 2.05) is 32.0 Å². The van der Waals surface area contributed by atoms with Crippen LogP contribution in [0.2, 0.25) is 0 Å². The lowest BCUT2D eigenvalue weighted by atomic mass is 10.1. The van der Waals surface area contributed by atoms with Crippen molar-refractivity contribution >= 4 is 46.8 Å². The maximum Gasteiger partial charge on any atom is 0.270 e. The average Bonchev–Trinajstić information content (AvgIpc) is 2.87. The number of nitrogens with one attached hydrogen (secondary N) is 3.